The molecule has 4 nitrogen and oxygen atoms in total. The van der Waals surface area contributed by atoms with Crippen molar-refractivity contribution in [2.45, 2.75) is 20.4 Å². The molecule has 0 atom stereocenters. The Morgan fingerprint density at radius 2 is 1.96 bits per heavy atom. The van der Waals surface area contributed by atoms with Crippen molar-refractivity contribution in [3.63, 3.8) is 0 Å². The van der Waals surface area contributed by atoms with Crippen LogP contribution in [0, 0.1) is 13.8 Å². The molecule has 1 fully saturated rings. The first kappa shape index (κ1) is 17.6. The molecule has 1 aliphatic heterocycles. The van der Waals surface area contributed by atoms with Gasteiger partial charge in [0.1, 0.15) is 11.5 Å². The van der Waals surface area contributed by atoms with Gasteiger partial charge in [-0.25, -0.2) is 0 Å². The Hall–Kier alpha value is -1.24. The summed E-state index contributed by atoms with van der Waals surface area (Å²) >= 11 is 5.45. The minimum atomic E-state index is -0.141. The van der Waals surface area contributed by atoms with Crippen molar-refractivity contribution in [2.75, 3.05) is 29.9 Å². The summed E-state index contributed by atoms with van der Waals surface area (Å²) in [5.41, 5.74) is 2.58. The molecule has 2 heterocycles. The van der Waals surface area contributed by atoms with Crippen LogP contribution < -0.4 is 5.32 Å². The molecule has 0 saturated carbocycles. The molecule has 1 N–H and O–H groups in total. The van der Waals surface area contributed by atoms with Crippen molar-refractivity contribution < 1.29 is 9.21 Å². The van der Waals surface area contributed by atoms with Gasteiger partial charge in [-0.1, -0.05) is 18.2 Å². The number of nitrogens with one attached hydrogen (secondary N) is 1. The van der Waals surface area contributed by atoms with Crippen LogP contribution >= 0.6 is 27.7 Å². The molecule has 2 aromatic rings. The second-order valence-corrected chi connectivity index (χ2v) is 7.92. The van der Waals surface area contributed by atoms with Gasteiger partial charge in [-0.2, -0.15) is 11.8 Å². The molecule has 6 heteroatoms. The van der Waals surface area contributed by atoms with Crippen LogP contribution in [0.15, 0.2) is 33.2 Å². The summed E-state index contributed by atoms with van der Waals surface area (Å²) in [6, 6.07) is 8.02. The predicted octanol–water partition coefficient (Wildman–Crippen LogP) is 4.46. The molecule has 1 aliphatic rings. The number of carbonyl (C=O) groups excluding carboxylic acids is 1. The summed E-state index contributed by atoms with van der Waals surface area (Å²) in [5.74, 6) is 3.56. The molecule has 0 bridgehead atoms. The highest BCUT2D eigenvalue weighted by Gasteiger charge is 2.21. The Bertz CT molecular complexity index is 739. The SMILES string of the molecule is Cc1oc(C)c(C(=O)Nc2ccccc2CN2CCSCC2)c1Br. The Labute approximate surface area is 155 Å². The molecular weight excluding hydrogens is 388 g/mol. The van der Waals surface area contributed by atoms with E-state index in [4.69, 9.17) is 4.42 Å². The van der Waals surface area contributed by atoms with Gasteiger partial charge in [-0.15, -0.1) is 0 Å². The van der Waals surface area contributed by atoms with E-state index < -0.39 is 0 Å². The van der Waals surface area contributed by atoms with Crippen LogP contribution in [-0.4, -0.2) is 35.4 Å². The number of rotatable bonds is 4. The lowest BCUT2D eigenvalue weighted by Crippen LogP contribution is -2.32. The number of amides is 1. The van der Waals surface area contributed by atoms with E-state index in [-0.39, 0.29) is 5.91 Å². The second-order valence-electron chi connectivity index (χ2n) is 5.90. The Balaban J connectivity index is 1.78. The summed E-state index contributed by atoms with van der Waals surface area (Å²) in [5, 5.41) is 3.05. The zero-order chi connectivity index (χ0) is 17.1. The largest absolute Gasteiger partial charge is 0.465 e. The van der Waals surface area contributed by atoms with Gasteiger partial charge < -0.3 is 9.73 Å². The van der Waals surface area contributed by atoms with E-state index in [1.54, 1.807) is 0 Å². The van der Waals surface area contributed by atoms with Crippen molar-refractivity contribution in [1.29, 1.82) is 0 Å². The fourth-order valence-corrected chi connectivity index (χ4v) is 4.40. The van der Waals surface area contributed by atoms with E-state index in [1.165, 1.54) is 11.5 Å². The molecule has 24 heavy (non-hydrogen) atoms. The van der Waals surface area contributed by atoms with Crippen molar-refractivity contribution in [1.82, 2.24) is 4.90 Å². The number of benzene rings is 1. The van der Waals surface area contributed by atoms with E-state index >= 15 is 0 Å². The summed E-state index contributed by atoms with van der Waals surface area (Å²) in [4.78, 5) is 15.1. The van der Waals surface area contributed by atoms with Gasteiger partial charge in [-0.05, 0) is 41.4 Å². The standard InChI is InChI=1S/C18H21BrN2O2S/c1-12-16(17(19)13(2)23-12)18(22)20-15-6-4-3-5-14(15)11-21-7-9-24-10-8-21/h3-6H,7-11H2,1-2H3,(H,20,22). The van der Waals surface area contributed by atoms with Gasteiger partial charge in [0.05, 0.1) is 10.0 Å². The van der Waals surface area contributed by atoms with Gasteiger partial charge in [0, 0.05) is 36.8 Å². The summed E-state index contributed by atoms with van der Waals surface area (Å²) in [6.07, 6.45) is 0. The Kier molecular flexibility index (Phi) is 5.69. The van der Waals surface area contributed by atoms with Crippen LogP contribution in [0.3, 0.4) is 0 Å². The zero-order valence-electron chi connectivity index (χ0n) is 13.9. The average molecular weight is 409 g/mol. The van der Waals surface area contributed by atoms with E-state index in [0.717, 1.165) is 41.1 Å². The first-order valence-corrected chi connectivity index (χ1v) is 9.96. The van der Waals surface area contributed by atoms with Crippen LogP contribution in [0.2, 0.25) is 0 Å². The fraction of sp³-hybridized carbons (Fsp3) is 0.389. The number of anilines is 1. The third kappa shape index (κ3) is 3.87. The number of nitrogens with zero attached hydrogens (tertiary/aromatic N) is 1. The van der Waals surface area contributed by atoms with Crippen LogP contribution in [0.5, 0.6) is 0 Å². The van der Waals surface area contributed by atoms with Crippen LogP contribution in [0.25, 0.3) is 0 Å². The monoisotopic (exact) mass is 408 g/mol. The van der Waals surface area contributed by atoms with E-state index in [9.17, 15) is 4.79 Å². The molecular formula is C18H21BrN2O2S. The van der Waals surface area contributed by atoms with Crippen LogP contribution in [0.1, 0.15) is 27.4 Å². The Morgan fingerprint density at radius 3 is 2.62 bits per heavy atom. The van der Waals surface area contributed by atoms with E-state index in [2.05, 4.69) is 32.2 Å². The number of para-hydroxylation sites is 1. The molecule has 1 amide bonds. The molecule has 0 aliphatic carbocycles. The molecule has 1 saturated heterocycles. The summed E-state index contributed by atoms with van der Waals surface area (Å²) in [6.45, 7) is 6.71. The molecule has 0 radical (unpaired) electrons. The lowest BCUT2D eigenvalue weighted by atomic mass is 10.1. The number of thioether (sulfide) groups is 1. The Morgan fingerprint density at radius 1 is 1.25 bits per heavy atom. The first-order valence-electron chi connectivity index (χ1n) is 8.01. The second kappa shape index (κ2) is 7.76. The maximum absolute atomic E-state index is 12.7. The molecule has 0 spiro atoms. The van der Waals surface area contributed by atoms with Gasteiger partial charge in [0.2, 0.25) is 0 Å². The van der Waals surface area contributed by atoms with E-state index in [0.29, 0.717) is 11.3 Å². The summed E-state index contributed by atoms with van der Waals surface area (Å²) < 4.78 is 6.26. The number of carbonyl (C=O) groups is 1. The maximum atomic E-state index is 12.7. The van der Waals surface area contributed by atoms with Crippen LogP contribution in [-0.2, 0) is 6.54 Å². The third-order valence-corrected chi connectivity index (χ3v) is 6.07. The number of furan rings is 1. The molecule has 0 unspecified atom stereocenters. The maximum Gasteiger partial charge on any atom is 0.260 e. The van der Waals surface area contributed by atoms with Crippen molar-refractivity contribution in [3.8, 4) is 0 Å². The van der Waals surface area contributed by atoms with Gasteiger partial charge >= 0.3 is 0 Å². The average Bonchev–Trinajstić information content (AvgIpc) is 2.83. The zero-order valence-corrected chi connectivity index (χ0v) is 16.3. The summed E-state index contributed by atoms with van der Waals surface area (Å²) in [7, 11) is 0. The van der Waals surface area contributed by atoms with Crippen molar-refractivity contribution >= 4 is 39.3 Å². The lowest BCUT2D eigenvalue weighted by Gasteiger charge is -2.27. The number of halogens is 1. The molecule has 1 aromatic heterocycles. The molecule has 3 rings (SSSR count). The highest BCUT2D eigenvalue weighted by Crippen LogP contribution is 2.29. The lowest BCUT2D eigenvalue weighted by molar-refractivity contribution is 0.102. The first-order chi connectivity index (χ1) is 11.6. The third-order valence-electron chi connectivity index (χ3n) is 4.18. The minimum Gasteiger partial charge on any atom is -0.465 e. The highest BCUT2D eigenvalue weighted by atomic mass is 79.9. The fourth-order valence-electron chi connectivity index (χ4n) is 2.88. The smallest absolute Gasteiger partial charge is 0.260 e. The van der Waals surface area contributed by atoms with Crippen molar-refractivity contribution in [2.24, 2.45) is 0 Å². The number of hydrogen-bond donors (Lipinski definition) is 1. The minimum absolute atomic E-state index is 0.141. The molecule has 1 aromatic carbocycles. The van der Waals surface area contributed by atoms with Crippen LogP contribution in [0.4, 0.5) is 5.69 Å². The van der Waals surface area contributed by atoms with Crippen molar-refractivity contribution in [3.05, 3.63) is 51.4 Å². The quantitative estimate of drug-likeness (QED) is 0.810. The normalized spacial score (nSPS) is 15.5. The number of hydrogen-bond acceptors (Lipinski definition) is 4. The van der Waals surface area contributed by atoms with Gasteiger partial charge in [0.25, 0.3) is 5.91 Å². The highest BCUT2D eigenvalue weighted by molar-refractivity contribution is 9.10. The predicted molar refractivity (Wildman–Crippen MR) is 103 cm³/mol. The molecule has 128 valence electrons. The topological polar surface area (TPSA) is 45.5 Å². The van der Waals surface area contributed by atoms with Gasteiger partial charge in [-0.3, -0.25) is 9.69 Å². The number of aryl methyl sites for hydroxylation is 2. The van der Waals surface area contributed by atoms with Gasteiger partial charge in [0.15, 0.2) is 0 Å². The van der Waals surface area contributed by atoms with E-state index in [1.807, 2.05) is 43.8 Å².